The lowest BCUT2D eigenvalue weighted by atomic mass is 9.90. The summed E-state index contributed by atoms with van der Waals surface area (Å²) in [6.45, 7) is 12.5. The maximum absolute atomic E-state index is 13.0. The maximum atomic E-state index is 13.0. The first kappa shape index (κ1) is 19.1. The van der Waals surface area contributed by atoms with Crippen LogP contribution in [0, 0.1) is 5.92 Å². The first-order chi connectivity index (χ1) is 12.6. The minimum absolute atomic E-state index is 0.0511. The number of nitrogens with one attached hydrogen (secondary N) is 1. The molecule has 6 heteroatoms. The molecule has 0 radical (unpaired) electrons. The Bertz CT molecular complexity index is 632. The van der Waals surface area contributed by atoms with Crippen LogP contribution in [-0.2, 0) is 24.1 Å². The van der Waals surface area contributed by atoms with Gasteiger partial charge in [0.1, 0.15) is 0 Å². The third-order valence-corrected chi connectivity index (χ3v) is 5.30. The van der Waals surface area contributed by atoms with E-state index in [9.17, 15) is 4.79 Å². The van der Waals surface area contributed by atoms with E-state index in [0.717, 1.165) is 31.4 Å². The molecule has 1 aromatic heterocycles. The molecule has 0 spiro atoms. The highest BCUT2D eigenvalue weighted by molar-refractivity contribution is 5.94. The van der Waals surface area contributed by atoms with Gasteiger partial charge < -0.3 is 15.0 Å². The zero-order valence-corrected chi connectivity index (χ0v) is 16.2. The summed E-state index contributed by atoms with van der Waals surface area (Å²) in [4.78, 5) is 14.9. The van der Waals surface area contributed by atoms with E-state index >= 15 is 0 Å². The molecule has 1 aliphatic carbocycles. The summed E-state index contributed by atoms with van der Waals surface area (Å²) < 4.78 is 7.35. The third kappa shape index (κ3) is 4.35. The summed E-state index contributed by atoms with van der Waals surface area (Å²) in [5.41, 5.74) is 2.99. The minimum atomic E-state index is 0.0511. The van der Waals surface area contributed by atoms with E-state index < -0.39 is 0 Å². The number of aromatic nitrogens is 2. The lowest BCUT2D eigenvalue weighted by Gasteiger charge is -2.28. The van der Waals surface area contributed by atoms with Gasteiger partial charge in [0.2, 0.25) is 0 Å². The Morgan fingerprint density at radius 3 is 2.88 bits per heavy atom. The SMILES string of the molecule is C=CCn1nc(C(=O)N2CCOCC2)c2c1CC[C@@H](NCCC(C)C)C2. The van der Waals surface area contributed by atoms with E-state index in [1.807, 2.05) is 15.7 Å². The average Bonchev–Trinajstić information content (AvgIpc) is 3.00. The number of hydrogen-bond acceptors (Lipinski definition) is 4. The number of amides is 1. The van der Waals surface area contributed by atoms with Crippen LogP contribution in [0.4, 0.5) is 0 Å². The second kappa shape index (κ2) is 8.82. The van der Waals surface area contributed by atoms with Crippen molar-refractivity contribution in [2.24, 2.45) is 5.92 Å². The van der Waals surface area contributed by atoms with Gasteiger partial charge in [-0.3, -0.25) is 9.48 Å². The van der Waals surface area contributed by atoms with Gasteiger partial charge >= 0.3 is 0 Å². The summed E-state index contributed by atoms with van der Waals surface area (Å²) in [7, 11) is 0. The van der Waals surface area contributed by atoms with Gasteiger partial charge in [-0.05, 0) is 38.1 Å². The van der Waals surface area contributed by atoms with Crippen LogP contribution in [0.3, 0.4) is 0 Å². The van der Waals surface area contributed by atoms with Gasteiger partial charge in [0.25, 0.3) is 5.91 Å². The molecule has 6 nitrogen and oxygen atoms in total. The molecular weight excluding hydrogens is 328 g/mol. The van der Waals surface area contributed by atoms with Crippen molar-refractivity contribution in [3.8, 4) is 0 Å². The fourth-order valence-electron chi connectivity index (χ4n) is 3.80. The third-order valence-electron chi connectivity index (χ3n) is 5.30. The van der Waals surface area contributed by atoms with Gasteiger partial charge in [-0.2, -0.15) is 5.10 Å². The Labute approximate surface area is 156 Å². The Morgan fingerprint density at radius 1 is 1.42 bits per heavy atom. The summed E-state index contributed by atoms with van der Waals surface area (Å²) in [6, 6.07) is 0.430. The predicted octanol–water partition coefficient (Wildman–Crippen LogP) is 2.03. The molecule has 1 aliphatic heterocycles. The van der Waals surface area contributed by atoms with E-state index in [0.29, 0.717) is 50.5 Å². The van der Waals surface area contributed by atoms with E-state index in [1.165, 1.54) is 12.1 Å². The zero-order chi connectivity index (χ0) is 18.5. The molecule has 0 aromatic carbocycles. The highest BCUT2D eigenvalue weighted by atomic mass is 16.5. The number of allylic oxidation sites excluding steroid dienone is 1. The molecule has 1 N–H and O–H groups in total. The van der Waals surface area contributed by atoms with Crippen LogP contribution >= 0.6 is 0 Å². The van der Waals surface area contributed by atoms with Crippen molar-refractivity contribution in [2.75, 3.05) is 32.8 Å². The summed E-state index contributed by atoms with van der Waals surface area (Å²) in [5.74, 6) is 0.755. The first-order valence-corrected chi connectivity index (χ1v) is 9.90. The zero-order valence-electron chi connectivity index (χ0n) is 16.2. The van der Waals surface area contributed by atoms with Crippen molar-refractivity contribution in [3.05, 3.63) is 29.6 Å². The number of carbonyl (C=O) groups excluding carboxylic acids is 1. The van der Waals surface area contributed by atoms with Crippen LogP contribution in [0.25, 0.3) is 0 Å². The number of nitrogens with zero attached hydrogens (tertiary/aromatic N) is 3. The molecule has 1 atom stereocenters. The number of ether oxygens (including phenoxy) is 1. The Morgan fingerprint density at radius 2 is 2.19 bits per heavy atom. The molecular formula is C20H32N4O2. The fraction of sp³-hybridized carbons (Fsp3) is 0.700. The number of morpholine rings is 1. The Balaban J connectivity index is 1.77. The second-order valence-corrected chi connectivity index (χ2v) is 7.73. The number of carbonyl (C=O) groups is 1. The van der Waals surface area contributed by atoms with Gasteiger partial charge in [0.15, 0.2) is 5.69 Å². The smallest absolute Gasteiger partial charge is 0.274 e. The second-order valence-electron chi connectivity index (χ2n) is 7.73. The van der Waals surface area contributed by atoms with Crippen molar-refractivity contribution in [2.45, 2.75) is 52.1 Å². The van der Waals surface area contributed by atoms with E-state index in [2.05, 4.69) is 30.8 Å². The monoisotopic (exact) mass is 360 g/mol. The van der Waals surface area contributed by atoms with Crippen molar-refractivity contribution >= 4 is 5.91 Å². The molecule has 1 aromatic rings. The molecule has 0 bridgehead atoms. The predicted molar refractivity (Wildman–Crippen MR) is 102 cm³/mol. The van der Waals surface area contributed by atoms with Crippen LogP contribution in [-0.4, -0.2) is 59.5 Å². The molecule has 1 fully saturated rings. The lowest BCUT2D eigenvalue weighted by Crippen LogP contribution is -2.42. The molecule has 1 amide bonds. The van der Waals surface area contributed by atoms with Gasteiger partial charge in [-0.25, -0.2) is 0 Å². The molecule has 26 heavy (non-hydrogen) atoms. The standard InChI is InChI=1S/C20H32N4O2/c1-4-9-24-18-6-5-16(21-8-7-15(2)3)14-17(18)19(22-24)20(25)23-10-12-26-13-11-23/h4,15-16,21H,1,5-14H2,2-3H3/t16-/m1/s1. The quantitative estimate of drug-likeness (QED) is 0.756. The van der Waals surface area contributed by atoms with E-state index in [4.69, 9.17) is 4.74 Å². The molecule has 1 saturated heterocycles. The normalized spacial score (nSPS) is 20.3. The molecule has 0 saturated carbocycles. The molecule has 2 heterocycles. The van der Waals surface area contributed by atoms with Gasteiger partial charge in [-0.1, -0.05) is 19.9 Å². The van der Waals surface area contributed by atoms with Crippen LogP contribution < -0.4 is 5.32 Å². The Hall–Kier alpha value is -1.66. The largest absolute Gasteiger partial charge is 0.378 e. The minimum Gasteiger partial charge on any atom is -0.378 e. The Kier molecular flexibility index (Phi) is 6.48. The highest BCUT2D eigenvalue weighted by Crippen LogP contribution is 2.26. The van der Waals surface area contributed by atoms with Crippen molar-refractivity contribution in [1.82, 2.24) is 20.0 Å². The van der Waals surface area contributed by atoms with Crippen LogP contribution in [0.1, 0.15) is 48.4 Å². The number of hydrogen-bond donors (Lipinski definition) is 1. The lowest BCUT2D eigenvalue weighted by molar-refractivity contribution is 0.0297. The maximum Gasteiger partial charge on any atom is 0.274 e. The molecule has 3 rings (SSSR count). The average molecular weight is 361 g/mol. The van der Waals surface area contributed by atoms with Crippen molar-refractivity contribution < 1.29 is 9.53 Å². The molecule has 2 aliphatic rings. The van der Waals surface area contributed by atoms with Crippen LogP contribution in [0.2, 0.25) is 0 Å². The number of fused-ring (bicyclic) bond motifs is 1. The van der Waals surface area contributed by atoms with Crippen molar-refractivity contribution in [1.29, 1.82) is 0 Å². The van der Waals surface area contributed by atoms with Crippen LogP contribution in [0.5, 0.6) is 0 Å². The number of rotatable bonds is 7. The van der Waals surface area contributed by atoms with Gasteiger partial charge in [-0.15, -0.1) is 6.58 Å². The molecule has 0 unspecified atom stereocenters. The van der Waals surface area contributed by atoms with E-state index in [1.54, 1.807) is 0 Å². The van der Waals surface area contributed by atoms with Crippen LogP contribution in [0.15, 0.2) is 12.7 Å². The molecule has 144 valence electrons. The summed E-state index contributed by atoms with van der Waals surface area (Å²) >= 11 is 0. The summed E-state index contributed by atoms with van der Waals surface area (Å²) in [6.07, 6.45) is 5.98. The fourth-order valence-corrected chi connectivity index (χ4v) is 3.80. The first-order valence-electron chi connectivity index (χ1n) is 9.90. The van der Waals surface area contributed by atoms with E-state index in [-0.39, 0.29) is 5.91 Å². The van der Waals surface area contributed by atoms with Gasteiger partial charge in [0.05, 0.1) is 19.8 Å². The van der Waals surface area contributed by atoms with Crippen molar-refractivity contribution in [3.63, 3.8) is 0 Å². The van der Waals surface area contributed by atoms with Gasteiger partial charge in [0, 0.05) is 30.4 Å². The highest BCUT2D eigenvalue weighted by Gasteiger charge is 2.31. The topological polar surface area (TPSA) is 59.4 Å². The summed E-state index contributed by atoms with van der Waals surface area (Å²) in [5, 5.41) is 8.36.